The van der Waals surface area contributed by atoms with Crippen molar-refractivity contribution in [3.05, 3.63) is 75.1 Å². The third kappa shape index (κ3) is 4.16. The minimum Gasteiger partial charge on any atom is -0.508 e. The number of nitrogens with one attached hydrogen (secondary N) is 1. The van der Waals surface area contributed by atoms with Crippen molar-refractivity contribution >= 4 is 23.5 Å². The number of phenols is 1. The summed E-state index contributed by atoms with van der Waals surface area (Å²) in [6.45, 7) is 2.04. The Morgan fingerprint density at radius 1 is 1.23 bits per heavy atom. The third-order valence-corrected chi connectivity index (χ3v) is 6.48. The first-order valence-electron chi connectivity index (χ1n) is 9.83. The maximum atomic E-state index is 13.1. The van der Waals surface area contributed by atoms with Crippen LogP contribution in [0.1, 0.15) is 34.6 Å². The Balaban J connectivity index is 1.74. The first-order chi connectivity index (χ1) is 14.9. The normalized spacial score (nSPS) is 15.3. The van der Waals surface area contributed by atoms with Gasteiger partial charge in [0.25, 0.3) is 5.56 Å². The fraction of sp³-hybridized carbons (Fsp3) is 0.261. The van der Waals surface area contributed by atoms with Crippen LogP contribution >= 0.6 is 11.8 Å². The molecule has 160 valence electrons. The van der Waals surface area contributed by atoms with E-state index in [4.69, 9.17) is 4.74 Å². The number of aryl methyl sites for hydroxylation is 1. The Bertz CT molecular complexity index is 1200. The lowest BCUT2D eigenvalue weighted by Gasteiger charge is -2.28. The van der Waals surface area contributed by atoms with E-state index in [2.05, 4.69) is 10.3 Å². The summed E-state index contributed by atoms with van der Waals surface area (Å²) >= 11 is 1.44. The van der Waals surface area contributed by atoms with Crippen LogP contribution in [0.15, 0.2) is 52.4 Å². The van der Waals surface area contributed by atoms with Crippen LogP contribution in [0.25, 0.3) is 0 Å². The summed E-state index contributed by atoms with van der Waals surface area (Å²) in [5.74, 6) is 0.871. The molecule has 2 heterocycles. The SMILES string of the molecule is COc1cc(O)ccc1C1CC(=O)Nc2c1c(=O)nc(SCc1ccc(C)cc1)n2C. The van der Waals surface area contributed by atoms with Gasteiger partial charge in [0.15, 0.2) is 5.16 Å². The number of fused-ring (bicyclic) bond motifs is 1. The van der Waals surface area contributed by atoms with Gasteiger partial charge in [-0.1, -0.05) is 47.7 Å². The Kier molecular flexibility index (Phi) is 5.73. The molecule has 0 fully saturated rings. The summed E-state index contributed by atoms with van der Waals surface area (Å²) in [6.07, 6.45) is 0.0981. The van der Waals surface area contributed by atoms with Crippen LogP contribution in [0, 0.1) is 6.92 Å². The number of carbonyl (C=O) groups excluding carboxylic acids is 1. The van der Waals surface area contributed by atoms with E-state index in [0.29, 0.717) is 33.6 Å². The lowest BCUT2D eigenvalue weighted by Crippen LogP contribution is -2.33. The second-order valence-corrected chi connectivity index (χ2v) is 8.47. The second kappa shape index (κ2) is 8.47. The second-order valence-electron chi connectivity index (χ2n) is 7.53. The van der Waals surface area contributed by atoms with Gasteiger partial charge in [0.2, 0.25) is 5.91 Å². The standard InChI is InChI=1S/C23H23N3O4S/c1-13-4-6-14(7-5-13)12-31-23-25-22(29)20-17(11-19(28)24-21(20)26(23)2)16-9-8-15(27)10-18(16)30-3/h4-10,17,27H,11-12H2,1-3H3,(H,24,28). The smallest absolute Gasteiger partial charge is 0.279 e. The predicted octanol–water partition coefficient (Wildman–Crippen LogP) is 3.57. The number of benzene rings is 2. The lowest BCUT2D eigenvalue weighted by atomic mass is 9.86. The van der Waals surface area contributed by atoms with E-state index < -0.39 is 5.92 Å². The summed E-state index contributed by atoms with van der Waals surface area (Å²) in [5.41, 5.74) is 3.02. The van der Waals surface area contributed by atoms with Gasteiger partial charge >= 0.3 is 0 Å². The number of carbonyl (C=O) groups is 1. The molecule has 1 aromatic heterocycles. The number of amides is 1. The number of hydrogen-bond acceptors (Lipinski definition) is 6. The van der Waals surface area contributed by atoms with Crippen molar-refractivity contribution < 1.29 is 14.6 Å². The number of nitrogens with zero attached hydrogens (tertiary/aromatic N) is 2. The number of anilines is 1. The minimum atomic E-state index is -0.512. The van der Waals surface area contributed by atoms with Crippen LogP contribution in [0.4, 0.5) is 5.82 Å². The zero-order valence-corrected chi connectivity index (χ0v) is 18.3. The number of hydrogen-bond donors (Lipinski definition) is 2. The number of thioether (sulfide) groups is 1. The molecule has 1 unspecified atom stereocenters. The van der Waals surface area contributed by atoms with Crippen LogP contribution < -0.4 is 15.6 Å². The molecule has 2 aromatic carbocycles. The fourth-order valence-corrected chi connectivity index (χ4v) is 4.67. The molecule has 0 saturated carbocycles. The zero-order chi connectivity index (χ0) is 22.1. The van der Waals surface area contributed by atoms with Crippen molar-refractivity contribution in [2.45, 2.75) is 30.2 Å². The van der Waals surface area contributed by atoms with Gasteiger partial charge in [-0.05, 0) is 18.6 Å². The van der Waals surface area contributed by atoms with Gasteiger partial charge in [0.05, 0.1) is 12.7 Å². The first-order valence-corrected chi connectivity index (χ1v) is 10.8. The number of ether oxygens (including phenoxy) is 1. The molecule has 7 nitrogen and oxygen atoms in total. The predicted molar refractivity (Wildman–Crippen MR) is 120 cm³/mol. The first kappa shape index (κ1) is 21.0. The van der Waals surface area contributed by atoms with Crippen LogP contribution in [-0.4, -0.2) is 27.7 Å². The summed E-state index contributed by atoms with van der Waals surface area (Å²) in [4.78, 5) is 29.9. The summed E-state index contributed by atoms with van der Waals surface area (Å²) in [6, 6.07) is 12.9. The number of aromatic hydroxyl groups is 1. The van der Waals surface area contributed by atoms with E-state index in [0.717, 1.165) is 5.56 Å². The highest BCUT2D eigenvalue weighted by molar-refractivity contribution is 7.98. The van der Waals surface area contributed by atoms with Crippen LogP contribution in [0.5, 0.6) is 11.5 Å². The number of phenolic OH excluding ortho intramolecular Hbond substituents is 1. The molecule has 31 heavy (non-hydrogen) atoms. The van der Waals surface area contributed by atoms with Gasteiger partial charge < -0.3 is 19.7 Å². The molecule has 0 spiro atoms. The third-order valence-electron chi connectivity index (χ3n) is 5.38. The van der Waals surface area contributed by atoms with Gasteiger partial charge in [-0.25, -0.2) is 0 Å². The van der Waals surface area contributed by atoms with Gasteiger partial charge in [-0.15, -0.1) is 0 Å². The molecular formula is C23H23N3O4S. The van der Waals surface area contributed by atoms with Crippen LogP contribution in [-0.2, 0) is 17.6 Å². The van der Waals surface area contributed by atoms with Crippen molar-refractivity contribution in [1.29, 1.82) is 0 Å². The molecule has 1 amide bonds. The van der Waals surface area contributed by atoms with E-state index in [-0.39, 0.29) is 23.6 Å². The van der Waals surface area contributed by atoms with Crippen molar-refractivity contribution in [3.8, 4) is 11.5 Å². The number of methoxy groups -OCH3 is 1. The highest BCUT2D eigenvalue weighted by Gasteiger charge is 2.33. The summed E-state index contributed by atoms with van der Waals surface area (Å²) < 4.78 is 7.15. The minimum absolute atomic E-state index is 0.0509. The van der Waals surface area contributed by atoms with Crippen molar-refractivity contribution in [2.24, 2.45) is 7.05 Å². The molecule has 0 aliphatic carbocycles. The fourth-order valence-electron chi connectivity index (χ4n) is 3.75. The average Bonchev–Trinajstić information content (AvgIpc) is 2.75. The number of aromatic nitrogens is 2. The van der Waals surface area contributed by atoms with Crippen LogP contribution in [0.2, 0.25) is 0 Å². The van der Waals surface area contributed by atoms with Crippen molar-refractivity contribution in [1.82, 2.24) is 9.55 Å². The molecule has 3 aromatic rings. The van der Waals surface area contributed by atoms with E-state index in [1.165, 1.54) is 36.6 Å². The van der Waals surface area contributed by atoms with Crippen molar-refractivity contribution in [2.75, 3.05) is 12.4 Å². The largest absolute Gasteiger partial charge is 0.508 e. The molecular weight excluding hydrogens is 414 g/mol. The topological polar surface area (TPSA) is 93.4 Å². The van der Waals surface area contributed by atoms with Gasteiger partial charge in [-0.2, -0.15) is 4.98 Å². The molecule has 1 aliphatic heterocycles. The molecule has 0 radical (unpaired) electrons. The molecule has 0 saturated heterocycles. The van der Waals surface area contributed by atoms with E-state index in [9.17, 15) is 14.7 Å². The van der Waals surface area contributed by atoms with Crippen molar-refractivity contribution in [3.63, 3.8) is 0 Å². The molecule has 1 aliphatic rings. The lowest BCUT2D eigenvalue weighted by molar-refractivity contribution is -0.116. The maximum Gasteiger partial charge on any atom is 0.279 e. The van der Waals surface area contributed by atoms with Gasteiger partial charge in [0, 0.05) is 36.8 Å². The zero-order valence-electron chi connectivity index (χ0n) is 17.5. The van der Waals surface area contributed by atoms with Crippen LogP contribution in [0.3, 0.4) is 0 Å². The Morgan fingerprint density at radius 2 is 1.97 bits per heavy atom. The highest BCUT2D eigenvalue weighted by atomic mass is 32.2. The van der Waals surface area contributed by atoms with E-state index in [1.54, 1.807) is 17.7 Å². The molecule has 1 atom stereocenters. The average molecular weight is 438 g/mol. The number of rotatable bonds is 5. The van der Waals surface area contributed by atoms with E-state index >= 15 is 0 Å². The molecule has 8 heteroatoms. The summed E-state index contributed by atoms with van der Waals surface area (Å²) in [5, 5.41) is 13.2. The maximum absolute atomic E-state index is 13.1. The highest BCUT2D eigenvalue weighted by Crippen LogP contribution is 2.40. The Hall–Kier alpha value is -3.26. The van der Waals surface area contributed by atoms with Gasteiger partial charge in [-0.3, -0.25) is 9.59 Å². The summed E-state index contributed by atoms with van der Waals surface area (Å²) in [7, 11) is 3.28. The van der Waals surface area contributed by atoms with Gasteiger partial charge in [0.1, 0.15) is 17.3 Å². The Labute approximate surface area is 184 Å². The molecule has 4 rings (SSSR count). The quantitative estimate of drug-likeness (QED) is 0.468. The monoisotopic (exact) mass is 437 g/mol. The molecule has 2 N–H and O–H groups in total. The van der Waals surface area contributed by atoms with E-state index in [1.807, 2.05) is 31.2 Å². The molecule has 0 bridgehead atoms. The Morgan fingerprint density at radius 3 is 2.68 bits per heavy atom.